The Morgan fingerprint density at radius 1 is 1.22 bits per heavy atom. The number of rotatable bonds is 4. The summed E-state index contributed by atoms with van der Waals surface area (Å²) in [6.45, 7) is -0.843. The van der Waals surface area contributed by atoms with Crippen molar-refractivity contribution in [3.05, 3.63) is 31.0 Å². The molecule has 1 saturated carbocycles. The first-order chi connectivity index (χ1) is 10.9. The Balaban J connectivity index is 1.63. The second kappa shape index (κ2) is 6.35. The number of halogens is 3. The highest BCUT2D eigenvalue weighted by Crippen LogP contribution is 2.32. The highest BCUT2D eigenvalue weighted by Gasteiger charge is 2.34. The lowest BCUT2D eigenvalue weighted by atomic mass is 9.90. The van der Waals surface area contributed by atoms with Gasteiger partial charge in [-0.1, -0.05) is 0 Å². The number of hydrogen-bond donors (Lipinski definition) is 0. The minimum absolute atomic E-state index is 0.0138. The van der Waals surface area contributed by atoms with Gasteiger partial charge in [-0.3, -0.25) is 9.47 Å². The Kier molecular flexibility index (Phi) is 4.43. The van der Waals surface area contributed by atoms with Crippen LogP contribution < -0.4 is 0 Å². The SMILES string of the molecule is CN(CC(F)(F)F)[C@H]1CC[C@H](n2nccc2-n2ccnc2)CC1. The molecule has 3 rings (SSSR count). The largest absolute Gasteiger partial charge is 0.401 e. The molecule has 126 valence electrons. The van der Waals surface area contributed by atoms with Crippen LogP contribution in [0.2, 0.25) is 0 Å². The van der Waals surface area contributed by atoms with Crippen molar-refractivity contribution in [2.45, 2.75) is 43.9 Å². The number of imidazole rings is 1. The maximum Gasteiger partial charge on any atom is 0.401 e. The number of alkyl halides is 3. The zero-order valence-electron chi connectivity index (χ0n) is 12.9. The number of nitrogens with zero attached hydrogens (tertiary/aromatic N) is 5. The second-order valence-electron chi connectivity index (χ2n) is 6.10. The molecule has 0 unspecified atom stereocenters. The Morgan fingerprint density at radius 3 is 2.57 bits per heavy atom. The fourth-order valence-electron chi connectivity index (χ4n) is 3.34. The smallest absolute Gasteiger partial charge is 0.295 e. The summed E-state index contributed by atoms with van der Waals surface area (Å²) in [5.74, 6) is 0.939. The standard InChI is InChI=1S/C15H20F3N5/c1-21(10-15(16,17)18)12-2-4-13(5-3-12)23-14(6-7-20-23)22-9-8-19-11-22/h6-9,11-13H,2-5,10H2,1H3/t12-,13-. The molecule has 2 aromatic heterocycles. The van der Waals surface area contributed by atoms with Gasteiger partial charge in [0.05, 0.1) is 18.8 Å². The fourth-order valence-corrected chi connectivity index (χ4v) is 3.34. The molecule has 0 amide bonds. The van der Waals surface area contributed by atoms with E-state index in [4.69, 9.17) is 0 Å². The first kappa shape index (κ1) is 16.0. The van der Waals surface area contributed by atoms with Gasteiger partial charge in [0.25, 0.3) is 0 Å². The Morgan fingerprint density at radius 2 is 1.96 bits per heavy atom. The molecule has 2 aromatic rings. The van der Waals surface area contributed by atoms with Crippen LogP contribution in [0, 0.1) is 0 Å². The van der Waals surface area contributed by atoms with E-state index < -0.39 is 12.7 Å². The van der Waals surface area contributed by atoms with Gasteiger partial charge < -0.3 is 0 Å². The van der Waals surface area contributed by atoms with E-state index in [1.54, 1.807) is 25.8 Å². The van der Waals surface area contributed by atoms with Gasteiger partial charge in [-0.05, 0) is 32.7 Å². The van der Waals surface area contributed by atoms with E-state index in [9.17, 15) is 13.2 Å². The molecule has 2 heterocycles. The van der Waals surface area contributed by atoms with Crippen LogP contribution in [-0.2, 0) is 0 Å². The van der Waals surface area contributed by atoms with Crippen LogP contribution in [-0.4, -0.2) is 50.0 Å². The minimum Gasteiger partial charge on any atom is -0.295 e. The van der Waals surface area contributed by atoms with E-state index in [0.29, 0.717) is 0 Å². The summed E-state index contributed by atoms with van der Waals surface area (Å²) in [6, 6.07) is 2.13. The van der Waals surface area contributed by atoms with Crippen molar-refractivity contribution in [3.8, 4) is 5.82 Å². The lowest BCUT2D eigenvalue weighted by molar-refractivity contribution is -0.148. The highest BCUT2D eigenvalue weighted by molar-refractivity contribution is 5.21. The molecule has 23 heavy (non-hydrogen) atoms. The molecular formula is C15H20F3N5. The molecular weight excluding hydrogens is 307 g/mol. The molecule has 0 bridgehead atoms. The van der Waals surface area contributed by atoms with Crippen molar-refractivity contribution < 1.29 is 13.2 Å². The van der Waals surface area contributed by atoms with Gasteiger partial charge in [0.15, 0.2) is 0 Å². The molecule has 1 fully saturated rings. The van der Waals surface area contributed by atoms with Crippen LogP contribution in [0.5, 0.6) is 0 Å². The summed E-state index contributed by atoms with van der Waals surface area (Å²) in [5.41, 5.74) is 0. The summed E-state index contributed by atoms with van der Waals surface area (Å²) < 4.78 is 41.4. The van der Waals surface area contributed by atoms with E-state index in [0.717, 1.165) is 31.5 Å². The van der Waals surface area contributed by atoms with Crippen molar-refractivity contribution >= 4 is 0 Å². The predicted molar refractivity (Wildman–Crippen MR) is 79.3 cm³/mol. The molecule has 0 aliphatic heterocycles. The van der Waals surface area contributed by atoms with Crippen molar-refractivity contribution in [1.29, 1.82) is 0 Å². The third-order valence-electron chi connectivity index (χ3n) is 4.48. The highest BCUT2D eigenvalue weighted by atomic mass is 19.4. The molecule has 0 radical (unpaired) electrons. The summed E-state index contributed by atoms with van der Waals surface area (Å²) >= 11 is 0. The Bertz CT molecular complexity index is 611. The molecule has 1 aliphatic carbocycles. The van der Waals surface area contributed by atoms with Crippen LogP contribution in [0.3, 0.4) is 0 Å². The zero-order valence-corrected chi connectivity index (χ0v) is 12.9. The topological polar surface area (TPSA) is 38.9 Å². The molecule has 0 N–H and O–H groups in total. The summed E-state index contributed by atoms with van der Waals surface area (Å²) in [6.07, 6.45) is 6.06. The van der Waals surface area contributed by atoms with Crippen LogP contribution >= 0.6 is 0 Å². The van der Waals surface area contributed by atoms with Gasteiger partial charge in [0.1, 0.15) is 12.1 Å². The van der Waals surface area contributed by atoms with Crippen molar-refractivity contribution in [2.75, 3.05) is 13.6 Å². The lowest BCUT2D eigenvalue weighted by Gasteiger charge is -2.35. The second-order valence-corrected chi connectivity index (χ2v) is 6.10. The maximum atomic E-state index is 12.5. The van der Waals surface area contributed by atoms with Gasteiger partial charge in [-0.2, -0.15) is 18.3 Å². The molecule has 0 spiro atoms. The van der Waals surface area contributed by atoms with Gasteiger partial charge in [-0.15, -0.1) is 0 Å². The van der Waals surface area contributed by atoms with Crippen LogP contribution in [0.4, 0.5) is 13.2 Å². The average Bonchev–Trinajstić information content (AvgIpc) is 3.16. The molecule has 8 heteroatoms. The predicted octanol–water partition coefficient (Wildman–Crippen LogP) is 3.05. The molecule has 1 aliphatic rings. The van der Waals surface area contributed by atoms with Gasteiger partial charge >= 0.3 is 6.18 Å². The van der Waals surface area contributed by atoms with Crippen molar-refractivity contribution in [1.82, 2.24) is 24.2 Å². The summed E-state index contributed by atoms with van der Waals surface area (Å²) in [7, 11) is 1.56. The first-order valence-electron chi connectivity index (χ1n) is 7.73. The van der Waals surface area contributed by atoms with Crippen LogP contribution in [0.15, 0.2) is 31.0 Å². The first-order valence-corrected chi connectivity index (χ1v) is 7.73. The molecule has 5 nitrogen and oxygen atoms in total. The minimum atomic E-state index is -4.14. The monoisotopic (exact) mass is 327 g/mol. The average molecular weight is 327 g/mol. The summed E-state index contributed by atoms with van der Waals surface area (Å²) in [5, 5.41) is 4.40. The fraction of sp³-hybridized carbons (Fsp3) is 0.600. The van der Waals surface area contributed by atoms with Gasteiger partial charge in [-0.25, -0.2) is 9.67 Å². The van der Waals surface area contributed by atoms with Crippen LogP contribution in [0.25, 0.3) is 5.82 Å². The summed E-state index contributed by atoms with van der Waals surface area (Å²) in [4.78, 5) is 5.47. The lowest BCUT2D eigenvalue weighted by Crippen LogP contribution is -2.41. The van der Waals surface area contributed by atoms with E-state index in [1.165, 1.54) is 4.90 Å². The quantitative estimate of drug-likeness (QED) is 0.866. The van der Waals surface area contributed by atoms with Crippen molar-refractivity contribution in [2.24, 2.45) is 0 Å². The number of hydrogen-bond acceptors (Lipinski definition) is 3. The molecule has 0 saturated heterocycles. The van der Waals surface area contributed by atoms with Gasteiger partial charge in [0, 0.05) is 24.5 Å². The van der Waals surface area contributed by atoms with E-state index >= 15 is 0 Å². The molecule has 0 aromatic carbocycles. The third-order valence-corrected chi connectivity index (χ3v) is 4.48. The van der Waals surface area contributed by atoms with E-state index in [2.05, 4.69) is 10.1 Å². The number of aromatic nitrogens is 4. The third kappa shape index (κ3) is 3.74. The van der Waals surface area contributed by atoms with E-state index in [1.807, 2.05) is 21.5 Å². The zero-order chi connectivity index (χ0) is 16.4. The molecule has 0 atom stereocenters. The van der Waals surface area contributed by atoms with Crippen molar-refractivity contribution in [3.63, 3.8) is 0 Å². The maximum absolute atomic E-state index is 12.5. The Hall–Kier alpha value is -1.83. The van der Waals surface area contributed by atoms with E-state index in [-0.39, 0.29) is 12.1 Å². The Labute approximate surface area is 132 Å². The van der Waals surface area contributed by atoms with Gasteiger partial charge in [0.2, 0.25) is 0 Å². The normalized spacial score (nSPS) is 22.7. The van der Waals surface area contributed by atoms with Crippen LogP contribution in [0.1, 0.15) is 31.7 Å².